The molecule has 0 aliphatic heterocycles. The van der Waals surface area contributed by atoms with Crippen molar-refractivity contribution in [2.24, 2.45) is 0 Å². The summed E-state index contributed by atoms with van der Waals surface area (Å²) in [6.45, 7) is 1.96. The molecular formula is C30H21NO4. The van der Waals surface area contributed by atoms with Crippen LogP contribution in [0.5, 0.6) is 0 Å². The summed E-state index contributed by atoms with van der Waals surface area (Å²) in [6, 6.07) is 26.5. The molecule has 0 atom stereocenters. The molecular weight excluding hydrogens is 438 g/mol. The predicted octanol–water partition coefficient (Wildman–Crippen LogP) is 7.05. The Bertz CT molecular complexity index is 1740. The van der Waals surface area contributed by atoms with E-state index in [1.165, 1.54) is 0 Å². The number of anilines is 1. The fourth-order valence-corrected chi connectivity index (χ4v) is 4.53. The zero-order valence-corrected chi connectivity index (χ0v) is 19.0. The summed E-state index contributed by atoms with van der Waals surface area (Å²) in [5, 5.41) is 6.66. The van der Waals surface area contributed by atoms with E-state index in [2.05, 4.69) is 5.32 Å². The summed E-state index contributed by atoms with van der Waals surface area (Å²) in [4.78, 5) is 26.6. The Kier molecular flexibility index (Phi) is 4.96. The van der Waals surface area contributed by atoms with E-state index in [-0.39, 0.29) is 23.9 Å². The van der Waals surface area contributed by atoms with Gasteiger partial charge in [-0.25, -0.2) is 0 Å². The lowest BCUT2D eigenvalue weighted by molar-refractivity contribution is -0.115. The Morgan fingerprint density at radius 2 is 1.54 bits per heavy atom. The summed E-state index contributed by atoms with van der Waals surface area (Å²) >= 11 is 0. The first-order valence-electron chi connectivity index (χ1n) is 11.4. The lowest BCUT2D eigenvalue weighted by Gasteiger charge is -2.07. The molecule has 0 aliphatic rings. The van der Waals surface area contributed by atoms with Gasteiger partial charge >= 0.3 is 0 Å². The molecule has 1 N–H and O–H groups in total. The number of fused-ring (bicyclic) bond motifs is 4. The second-order valence-corrected chi connectivity index (χ2v) is 8.64. The molecule has 6 aromatic rings. The largest absolute Gasteiger partial charge is 0.464 e. The molecule has 6 rings (SSSR count). The molecule has 2 aromatic heterocycles. The van der Waals surface area contributed by atoms with Crippen LogP contribution < -0.4 is 5.32 Å². The van der Waals surface area contributed by atoms with E-state index in [1.807, 2.05) is 73.7 Å². The normalized spacial score (nSPS) is 11.3. The van der Waals surface area contributed by atoms with E-state index in [9.17, 15) is 9.59 Å². The van der Waals surface area contributed by atoms with Crippen LogP contribution in [0.2, 0.25) is 0 Å². The molecule has 170 valence electrons. The molecule has 0 fully saturated rings. The summed E-state index contributed by atoms with van der Waals surface area (Å²) in [7, 11) is 0. The molecule has 0 unspecified atom stereocenters. The molecule has 35 heavy (non-hydrogen) atoms. The molecule has 5 heteroatoms. The van der Waals surface area contributed by atoms with Gasteiger partial charge in [-0.2, -0.15) is 0 Å². The Morgan fingerprint density at radius 3 is 2.37 bits per heavy atom. The third-order valence-corrected chi connectivity index (χ3v) is 6.27. The maximum absolute atomic E-state index is 13.3. The molecule has 0 radical (unpaired) electrons. The number of nitrogens with one attached hydrogen (secondary N) is 1. The van der Waals surface area contributed by atoms with Gasteiger partial charge in [-0.1, -0.05) is 72.3 Å². The van der Waals surface area contributed by atoms with Crippen LogP contribution in [0.25, 0.3) is 32.7 Å². The van der Waals surface area contributed by atoms with Crippen molar-refractivity contribution in [3.05, 3.63) is 114 Å². The monoisotopic (exact) mass is 459 g/mol. The first-order valence-corrected chi connectivity index (χ1v) is 11.4. The van der Waals surface area contributed by atoms with Crippen LogP contribution >= 0.6 is 0 Å². The van der Waals surface area contributed by atoms with Gasteiger partial charge in [0.1, 0.15) is 11.2 Å². The van der Waals surface area contributed by atoms with E-state index in [4.69, 9.17) is 8.83 Å². The Hall–Kier alpha value is -4.64. The maximum atomic E-state index is 13.3. The van der Waals surface area contributed by atoms with Crippen molar-refractivity contribution in [3.8, 4) is 0 Å². The molecule has 4 aromatic carbocycles. The molecule has 0 bridgehead atoms. The van der Waals surface area contributed by atoms with Crippen molar-refractivity contribution in [1.82, 2.24) is 0 Å². The van der Waals surface area contributed by atoms with Gasteiger partial charge in [0.25, 0.3) is 0 Å². The van der Waals surface area contributed by atoms with Crippen LogP contribution in [-0.4, -0.2) is 11.7 Å². The standard InChI is InChI=1S/C30H21NO4/c1-18-10-12-20(13-11-18)29(33)30-28(23-8-4-5-9-24(23)35-30)31-26(32)16-21-17-34-25-15-14-19-6-2-3-7-22(19)27(21)25/h2-15,17H,16H2,1H3,(H,31,32). The lowest BCUT2D eigenvalue weighted by atomic mass is 10.0. The minimum Gasteiger partial charge on any atom is -0.464 e. The van der Waals surface area contributed by atoms with Gasteiger partial charge in [-0.3, -0.25) is 9.59 Å². The quantitative estimate of drug-likeness (QED) is 0.280. The Balaban J connectivity index is 1.37. The summed E-state index contributed by atoms with van der Waals surface area (Å²) in [6.07, 6.45) is 1.72. The second-order valence-electron chi connectivity index (χ2n) is 8.64. The number of benzene rings is 4. The highest BCUT2D eigenvalue weighted by atomic mass is 16.3. The first kappa shape index (κ1) is 20.9. The van der Waals surface area contributed by atoms with Gasteiger partial charge in [0.2, 0.25) is 11.7 Å². The summed E-state index contributed by atoms with van der Waals surface area (Å²) in [5.74, 6) is -0.424. The van der Waals surface area contributed by atoms with E-state index in [0.717, 1.165) is 32.9 Å². The Morgan fingerprint density at radius 1 is 0.800 bits per heavy atom. The molecule has 5 nitrogen and oxygen atoms in total. The number of carbonyl (C=O) groups excluding carboxylic acids is 2. The van der Waals surface area contributed by atoms with Gasteiger partial charge in [-0.05, 0) is 35.9 Å². The molecule has 0 saturated heterocycles. The van der Waals surface area contributed by atoms with E-state index in [1.54, 1.807) is 24.5 Å². The second kappa shape index (κ2) is 8.29. The number of hydrogen-bond donors (Lipinski definition) is 1. The number of ketones is 1. The van der Waals surface area contributed by atoms with Gasteiger partial charge in [0.05, 0.1) is 18.4 Å². The van der Waals surface area contributed by atoms with Crippen LogP contribution in [0.1, 0.15) is 27.2 Å². The minimum atomic E-state index is -0.281. The minimum absolute atomic E-state index is 0.0959. The number of para-hydroxylation sites is 1. The van der Waals surface area contributed by atoms with E-state index < -0.39 is 0 Å². The van der Waals surface area contributed by atoms with Gasteiger partial charge in [0, 0.05) is 21.9 Å². The smallest absolute Gasteiger partial charge is 0.230 e. The van der Waals surface area contributed by atoms with E-state index >= 15 is 0 Å². The molecule has 0 saturated carbocycles. The van der Waals surface area contributed by atoms with Crippen LogP contribution in [0.15, 0.2) is 100 Å². The summed E-state index contributed by atoms with van der Waals surface area (Å²) < 4.78 is 11.7. The van der Waals surface area contributed by atoms with Crippen LogP contribution in [0.3, 0.4) is 0 Å². The number of amides is 1. The number of rotatable bonds is 5. The van der Waals surface area contributed by atoms with Crippen molar-refractivity contribution >= 4 is 50.1 Å². The summed E-state index contributed by atoms with van der Waals surface area (Å²) in [5.41, 5.74) is 3.99. The fourth-order valence-electron chi connectivity index (χ4n) is 4.53. The maximum Gasteiger partial charge on any atom is 0.230 e. The van der Waals surface area contributed by atoms with Crippen LogP contribution in [0, 0.1) is 6.92 Å². The van der Waals surface area contributed by atoms with Gasteiger partial charge < -0.3 is 14.2 Å². The fraction of sp³-hybridized carbons (Fsp3) is 0.0667. The van der Waals surface area contributed by atoms with Crippen molar-refractivity contribution in [2.45, 2.75) is 13.3 Å². The highest BCUT2D eigenvalue weighted by molar-refractivity contribution is 6.17. The number of furan rings is 2. The van der Waals surface area contributed by atoms with Crippen molar-refractivity contribution in [2.75, 3.05) is 5.32 Å². The molecule has 0 aliphatic carbocycles. The molecule has 0 spiro atoms. The topological polar surface area (TPSA) is 72.5 Å². The average molecular weight is 460 g/mol. The zero-order chi connectivity index (χ0) is 23.9. The van der Waals surface area contributed by atoms with Gasteiger partial charge in [-0.15, -0.1) is 0 Å². The third-order valence-electron chi connectivity index (χ3n) is 6.27. The van der Waals surface area contributed by atoms with Crippen molar-refractivity contribution in [1.29, 1.82) is 0 Å². The molecule has 2 heterocycles. The lowest BCUT2D eigenvalue weighted by Crippen LogP contribution is -2.16. The van der Waals surface area contributed by atoms with Crippen molar-refractivity contribution < 1.29 is 18.4 Å². The van der Waals surface area contributed by atoms with Crippen LogP contribution in [0.4, 0.5) is 5.69 Å². The zero-order valence-electron chi connectivity index (χ0n) is 19.0. The first-order chi connectivity index (χ1) is 17.1. The molecule has 1 amide bonds. The average Bonchev–Trinajstić information content (AvgIpc) is 3.46. The highest BCUT2D eigenvalue weighted by Crippen LogP contribution is 2.34. The predicted molar refractivity (Wildman–Crippen MR) is 137 cm³/mol. The van der Waals surface area contributed by atoms with Crippen molar-refractivity contribution in [3.63, 3.8) is 0 Å². The Labute approximate surface area is 201 Å². The van der Waals surface area contributed by atoms with Crippen LogP contribution in [-0.2, 0) is 11.2 Å². The number of hydrogen-bond acceptors (Lipinski definition) is 4. The number of carbonyl (C=O) groups is 2. The van der Waals surface area contributed by atoms with E-state index in [0.29, 0.717) is 22.2 Å². The highest BCUT2D eigenvalue weighted by Gasteiger charge is 2.24. The SMILES string of the molecule is Cc1ccc(C(=O)c2oc3ccccc3c2NC(=O)Cc2coc3ccc4ccccc4c23)cc1. The van der Waals surface area contributed by atoms with Gasteiger partial charge in [0.15, 0.2) is 5.76 Å². The third kappa shape index (κ3) is 3.67. The number of aryl methyl sites for hydroxylation is 1.